The fourth-order valence-electron chi connectivity index (χ4n) is 2.59. The Morgan fingerprint density at radius 3 is 1.88 bits per heavy atom. The van der Waals surface area contributed by atoms with Crippen molar-refractivity contribution in [1.82, 2.24) is 0 Å². The molecule has 0 heterocycles. The SMILES string of the molecule is O=[N+]([O-])c1cc([N+](=O)[O-])c(Nc2cccc3ccccc23)c([N+](=O)[O-])c1. The second kappa shape index (κ2) is 6.43. The van der Waals surface area contributed by atoms with Crippen LogP contribution in [0.25, 0.3) is 10.8 Å². The van der Waals surface area contributed by atoms with Crippen molar-refractivity contribution in [3.8, 4) is 0 Å². The van der Waals surface area contributed by atoms with E-state index in [0.29, 0.717) is 23.2 Å². The van der Waals surface area contributed by atoms with Crippen molar-refractivity contribution in [2.75, 3.05) is 5.32 Å². The summed E-state index contributed by atoms with van der Waals surface area (Å²) in [5.41, 5.74) is -2.24. The maximum Gasteiger partial charge on any atom is 0.306 e. The van der Waals surface area contributed by atoms with Crippen molar-refractivity contribution in [2.24, 2.45) is 0 Å². The molecule has 0 fully saturated rings. The highest BCUT2D eigenvalue weighted by molar-refractivity contribution is 5.97. The van der Waals surface area contributed by atoms with Gasteiger partial charge in [-0.2, -0.15) is 0 Å². The molecule has 1 N–H and O–H groups in total. The van der Waals surface area contributed by atoms with E-state index < -0.39 is 37.5 Å². The van der Waals surface area contributed by atoms with E-state index in [1.54, 1.807) is 24.3 Å². The molecule has 0 bridgehead atoms. The number of non-ortho nitro benzene ring substituents is 1. The fourth-order valence-corrected chi connectivity index (χ4v) is 2.59. The van der Waals surface area contributed by atoms with Crippen LogP contribution in [0.2, 0.25) is 0 Å². The van der Waals surface area contributed by atoms with Gasteiger partial charge in [0.25, 0.3) is 5.69 Å². The minimum Gasteiger partial charge on any atom is -0.344 e. The molecular formula is C16H10N4O6. The molecular weight excluding hydrogens is 344 g/mol. The monoisotopic (exact) mass is 354 g/mol. The van der Waals surface area contributed by atoms with Gasteiger partial charge >= 0.3 is 11.4 Å². The van der Waals surface area contributed by atoms with E-state index in [1.165, 1.54) is 0 Å². The molecule has 0 unspecified atom stereocenters. The van der Waals surface area contributed by atoms with E-state index in [2.05, 4.69) is 5.32 Å². The zero-order chi connectivity index (χ0) is 18.8. The molecule has 3 rings (SSSR count). The largest absolute Gasteiger partial charge is 0.344 e. The quantitative estimate of drug-likeness (QED) is 0.531. The predicted molar refractivity (Wildman–Crippen MR) is 93.6 cm³/mol. The molecule has 0 aliphatic rings. The summed E-state index contributed by atoms with van der Waals surface area (Å²) in [7, 11) is 0. The van der Waals surface area contributed by atoms with Crippen LogP contribution in [0.3, 0.4) is 0 Å². The van der Waals surface area contributed by atoms with Crippen molar-refractivity contribution in [3.63, 3.8) is 0 Å². The summed E-state index contributed by atoms with van der Waals surface area (Å²) < 4.78 is 0. The van der Waals surface area contributed by atoms with E-state index in [-0.39, 0.29) is 0 Å². The fraction of sp³-hybridized carbons (Fsp3) is 0. The first-order valence-electron chi connectivity index (χ1n) is 7.24. The molecule has 0 saturated carbocycles. The molecule has 10 heteroatoms. The van der Waals surface area contributed by atoms with Crippen LogP contribution in [0.5, 0.6) is 0 Å². The number of nitrogens with zero attached hydrogens (tertiary/aromatic N) is 3. The Balaban J connectivity index is 2.24. The third-order valence-corrected chi connectivity index (χ3v) is 3.74. The minimum atomic E-state index is -0.915. The molecule has 0 aliphatic carbocycles. The molecule has 0 radical (unpaired) electrons. The highest BCUT2D eigenvalue weighted by Gasteiger charge is 2.30. The average Bonchev–Trinajstić information content (AvgIpc) is 2.61. The Morgan fingerprint density at radius 1 is 0.731 bits per heavy atom. The van der Waals surface area contributed by atoms with Crippen LogP contribution < -0.4 is 5.32 Å². The lowest BCUT2D eigenvalue weighted by atomic mass is 10.1. The third kappa shape index (κ3) is 2.98. The number of nitro groups is 3. The molecule has 0 spiro atoms. The summed E-state index contributed by atoms with van der Waals surface area (Å²) in [6, 6.07) is 13.6. The second-order valence-electron chi connectivity index (χ2n) is 5.28. The summed E-state index contributed by atoms with van der Waals surface area (Å²) >= 11 is 0. The van der Waals surface area contributed by atoms with E-state index in [0.717, 1.165) is 5.39 Å². The number of nitro benzene ring substituents is 3. The van der Waals surface area contributed by atoms with Gasteiger partial charge in [-0.05, 0) is 11.5 Å². The standard InChI is InChI=1S/C16H10N4O6/c21-18(22)11-8-14(19(23)24)16(15(9-11)20(25)26)17-13-7-3-5-10-4-1-2-6-12(10)13/h1-9,17H. The third-order valence-electron chi connectivity index (χ3n) is 3.74. The zero-order valence-corrected chi connectivity index (χ0v) is 13.0. The number of fused-ring (bicyclic) bond motifs is 1. The Hall–Kier alpha value is -4.08. The summed E-state index contributed by atoms with van der Waals surface area (Å²) in [6.07, 6.45) is 0. The highest BCUT2D eigenvalue weighted by atomic mass is 16.6. The Kier molecular flexibility index (Phi) is 4.15. The number of rotatable bonds is 5. The van der Waals surface area contributed by atoms with Gasteiger partial charge in [-0.15, -0.1) is 0 Å². The van der Waals surface area contributed by atoms with Gasteiger partial charge in [-0.1, -0.05) is 36.4 Å². The summed E-state index contributed by atoms with van der Waals surface area (Å²) in [6.45, 7) is 0. The van der Waals surface area contributed by atoms with Crippen molar-refractivity contribution >= 4 is 39.2 Å². The molecule has 130 valence electrons. The summed E-state index contributed by atoms with van der Waals surface area (Å²) in [5.74, 6) is 0. The van der Waals surface area contributed by atoms with Gasteiger partial charge in [0, 0.05) is 11.1 Å². The van der Waals surface area contributed by atoms with Crippen LogP contribution in [0.4, 0.5) is 28.4 Å². The second-order valence-corrected chi connectivity index (χ2v) is 5.28. The molecule has 26 heavy (non-hydrogen) atoms. The van der Waals surface area contributed by atoms with Crippen molar-refractivity contribution in [2.45, 2.75) is 0 Å². The van der Waals surface area contributed by atoms with Crippen molar-refractivity contribution in [3.05, 3.63) is 84.9 Å². The lowest BCUT2D eigenvalue weighted by Gasteiger charge is -2.10. The summed E-state index contributed by atoms with van der Waals surface area (Å²) in [5, 5.41) is 37.8. The van der Waals surface area contributed by atoms with E-state index in [4.69, 9.17) is 0 Å². The first kappa shape index (κ1) is 16.8. The predicted octanol–water partition coefficient (Wildman–Crippen LogP) is 4.31. The van der Waals surface area contributed by atoms with Gasteiger partial charge in [0.1, 0.15) is 0 Å². The Labute approximate surface area is 145 Å². The van der Waals surface area contributed by atoms with Crippen LogP contribution in [-0.4, -0.2) is 14.8 Å². The highest BCUT2D eigenvalue weighted by Crippen LogP contribution is 2.41. The van der Waals surface area contributed by atoms with Crippen LogP contribution in [-0.2, 0) is 0 Å². The molecule has 10 nitrogen and oxygen atoms in total. The molecule has 3 aromatic rings. The number of anilines is 2. The Morgan fingerprint density at radius 2 is 1.31 bits per heavy atom. The topological polar surface area (TPSA) is 141 Å². The Bertz CT molecular complexity index is 1030. The molecule has 3 aromatic carbocycles. The van der Waals surface area contributed by atoms with Crippen LogP contribution >= 0.6 is 0 Å². The molecule has 0 aliphatic heterocycles. The minimum absolute atomic E-state index is 0.406. The number of hydrogen-bond acceptors (Lipinski definition) is 7. The van der Waals surface area contributed by atoms with Crippen LogP contribution in [0.1, 0.15) is 0 Å². The normalized spacial score (nSPS) is 10.5. The van der Waals surface area contributed by atoms with Gasteiger partial charge in [0.15, 0.2) is 5.69 Å². The maximum absolute atomic E-state index is 11.3. The van der Waals surface area contributed by atoms with Crippen LogP contribution in [0, 0.1) is 30.3 Å². The molecule has 0 amide bonds. The van der Waals surface area contributed by atoms with Gasteiger partial charge < -0.3 is 5.32 Å². The number of nitrogens with one attached hydrogen (secondary N) is 1. The number of hydrogen-bond donors (Lipinski definition) is 1. The maximum atomic E-state index is 11.3. The van der Waals surface area contributed by atoms with E-state index in [1.807, 2.05) is 18.2 Å². The number of benzene rings is 3. The first-order valence-corrected chi connectivity index (χ1v) is 7.24. The van der Waals surface area contributed by atoms with Crippen molar-refractivity contribution in [1.29, 1.82) is 0 Å². The average molecular weight is 354 g/mol. The van der Waals surface area contributed by atoms with Crippen LogP contribution in [0.15, 0.2) is 54.6 Å². The van der Waals surface area contributed by atoms with E-state index >= 15 is 0 Å². The lowest BCUT2D eigenvalue weighted by molar-refractivity contribution is -0.401. The van der Waals surface area contributed by atoms with Gasteiger partial charge in [-0.3, -0.25) is 30.3 Å². The van der Waals surface area contributed by atoms with E-state index in [9.17, 15) is 30.3 Å². The van der Waals surface area contributed by atoms with Gasteiger partial charge in [0.2, 0.25) is 0 Å². The molecule has 0 saturated heterocycles. The first-order chi connectivity index (χ1) is 12.4. The molecule has 0 atom stereocenters. The van der Waals surface area contributed by atoms with Crippen molar-refractivity contribution < 1.29 is 14.8 Å². The van der Waals surface area contributed by atoms with Gasteiger partial charge in [-0.25, -0.2) is 0 Å². The lowest BCUT2D eigenvalue weighted by Crippen LogP contribution is -2.03. The van der Waals surface area contributed by atoms with Gasteiger partial charge in [0.05, 0.1) is 26.9 Å². The smallest absolute Gasteiger partial charge is 0.306 e. The molecule has 0 aromatic heterocycles. The zero-order valence-electron chi connectivity index (χ0n) is 13.0. The summed E-state index contributed by atoms with van der Waals surface area (Å²) in [4.78, 5) is 30.9.